The summed E-state index contributed by atoms with van der Waals surface area (Å²) in [5.74, 6) is -0.324. The summed E-state index contributed by atoms with van der Waals surface area (Å²) in [6.45, 7) is 2.37. The molecule has 0 spiro atoms. The first-order valence-corrected chi connectivity index (χ1v) is 9.69. The molecule has 27 heavy (non-hydrogen) atoms. The summed E-state index contributed by atoms with van der Waals surface area (Å²) >= 11 is 0. The van der Waals surface area contributed by atoms with Crippen LogP contribution >= 0.6 is 0 Å². The Kier molecular flexibility index (Phi) is 6.21. The van der Waals surface area contributed by atoms with Gasteiger partial charge >= 0.3 is 0 Å². The first-order chi connectivity index (χ1) is 13.1. The fraction of sp³-hybridized carbons (Fsp3) is 0.500. The van der Waals surface area contributed by atoms with E-state index in [1.807, 2.05) is 6.92 Å². The van der Waals surface area contributed by atoms with Crippen LogP contribution in [0.1, 0.15) is 62.4 Å². The molecule has 0 radical (unpaired) electrons. The highest BCUT2D eigenvalue weighted by atomic mass is 16.2. The minimum atomic E-state index is -0.520. The predicted molar refractivity (Wildman–Crippen MR) is 103 cm³/mol. The third kappa shape index (κ3) is 4.53. The van der Waals surface area contributed by atoms with Crippen LogP contribution in [-0.4, -0.2) is 21.6 Å². The monoisotopic (exact) mass is 370 g/mol. The van der Waals surface area contributed by atoms with Gasteiger partial charge in [-0.1, -0.05) is 44.4 Å². The van der Waals surface area contributed by atoms with Gasteiger partial charge in [-0.15, -0.1) is 0 Å². The van der Waals surface area contributed by atoms with E-state index in [-0.39, 0.29) is 17.2 Å². The Morgan fingerprint density at radius 2 is 1.81 bits per heavy atom. The van der Waals surface area contributed by atoms with E-state index in [4.69, 9.17) is 0 Å². The van der Waals surface area contributed by atoms with Gasteiger partial charge in [-0.05, 0) is 31.2 Å². The smallest absolute Gasteiger partial charge is 0.273 e. The third-order valence-electron chi connectivity index (χ3n) is 5.03. The molecule has 1 saturated carbocycles. The van der Waals surface area contributed by atoms with Crippen molar-refractivity contribution in [1.82, 2.24) is 20.6 Å². The molecule has 1 aliphatic carbocycles. The van der Waals surface area contributed by atoms with Gasteiger partial charge in [0, 0.05) is 18.4 Å². The molecule has 0 aliphatic heterocycles. The van der Waals surface area contributed by atoms with Gasteiger partial charge in [-0.3, -0.25) is 25.2 Å². The zero-order chi connectivity index (χ0) is 19.2. The van der Waals surface area contributed by atoms with Gasteiger partial charge in [0.1, 0.15) is 0 Å². The van der Waals surface area contributed by atoms with Gasteiger partial charge in [-0.25, -0.2) is 4.68 Å². The molecule has 2 N–H and O–H groups in total. The van der Waals surface area contributed by atoms with E-state index in [1.165, 1.54) is 23.9 Å². The molecule has 1 aromatic carbocycles. The van der Waals surface area contributed by atoms with E-state index in [0.29, 0.717) is 29.7 Å². The molecule has 0 bridgehead atoms. The number of hydrazine groups is 1. The minimum Gasteiger partial charge on any atom is -0.273 e. The van der Waals surface area contributed by atoms with Crippen LogP contribution in [0.5, 0.6) is 0 Å². The molecule has 0 atom stereocenters. The molecule has 2 aromatic rings. The van der Waals surface area contributed by atoms with Gasteiger partial charge in [0.15, 0.2) is 5.69 Å². The molecule has 3 rings (SSSR count). The molecular weight excluding hydrogens is 344 g/mol. The van der Waals surface area contributed by atoms with Crippen molar-refractivity contribution < 1.29 is 9.59 Å². The minimum absolute atomic E-state index is 0.136. The Labute approximate surface area is 158 Å². The molecule has 1 aromatic heterocycles. The maximum atomic E-state index is 12.6. The lowest BCUT2D eigenvalue weighted by Crippen LogP contribution is -2.43. The van der Waals surface area contributed by atoms with Crippen LogP contribution in [0, 0.1) is 5.92 Å². The highest BCUT2D eigenvalue weighted by Gasteiger charge is 2.19. The van der Waals surface area contributed by atoms with Crippen LogP contribution in [0.4, 0.5) is 0 Å². The van der Waals surface area contributed by atoms with E-state index in [9.17, 15) is 14.4 Å². The standard InChI is InChI=1S/C20H26N4O3/c1-2-12-24-20(27)16-11-7-6-10-15(16)18(23-24)19(26)22-21-17(25)13-14-8-4-3-5-9-14/h6-7,10-11,14H,2-5,8-9,12-13H2,1H3,(H,21,25)(H,22,26). The number of benzene rings is 1. The van der Waals surface area contributed by atoms with Crippen molar-refractivity contribution in [3.8, 4) is 0 Å². The van der Waals surface area contributed by atoms with E-state index in [1.54, 1.807) is 24.3 Å². The number of carbonyl (C=O) groups excluding carboxylic acids is 2. The van der Waals surface area contributed by atoms with Crippen LogP contribution < -0.4 is 16.4 Å². The number of nitrogens with one attached hydrogen (secondary N) is 2. The third-order valence-corrected chi connectivity index (χ3v) is 5.03. The van der Waals surface area contributed by atoms with Gasteiger partial charge in [0.05, 0.1) is 5.39 Å². The number of rotatable bonds is 5. The normalized spacial score (nSPS) is 14.9. The van der Waals surface area contributed by atoms with Crippen molar-refractivity contribution in [3.05, 3.63) is 40.3 Å². The quantitative estimate of drug-likeness (QED) is 0.791. The summed E-state index contributed by atoms with van der Waals surface area (Å²) in [5.41, 5.74) is 4.86. The predicted octanol–water partition coefficient (Wildman–Crippen LogP) is 2.54. The number of carbonyl (C=O) groups is 2. The van der Waals surface area contributed by atoms with Crippen molar-refractivity contribution in [2.75, 3.05) is 0 Å². The molecule has 144 valence electrons. The summed E-state index contributed by atoms with van der Waals surface area (Å²) in [5, 5.41) is 5.15. The van der Waals surface area contributed by atoms with Crippen molar-refractivity contribution >= 4 is 22.6 Å². The van der Waals surface area contributed by atoms with Crippen molar-refractivity contribution in [2.45, 2.75) is 58.4 Å². The molecule has 7 nitrogen and oxygen atoms in total. The topological polar surface area (TPSA) is 93.1 Å². The number of fused-ring (bicyclic) bond motifs is 1. The zero-order valence-electron chi connectivity index (χ0n) is 15.7. The Balaban J connectivity index is 1.74. The highest BCUT2D eigenvalue weighted by Crippen LogP contribution is 2.25. The van der Waals surface area contributed by atoms with Crippen molar-refractivity contribution in [2.24, 2.45) is 5.92 Å². The van der Waals surface area contributed by atoms with Crippen LogP contribution in [0.15, 0.2) is 29.1 Å². The molecule has 0 unspecified atom stereocenters. The summed E-state index contributed by atoms with van der Waals surface area (Å²) in [7, 11) is 0. The molecule has 1 heterocycles. The molecule has 7 heteroatoms. The van der Waals surface area contributed by atoms with Gasteiger partial charge in [0.2, 0.25) is 5.91 Å². The van der Waals surface area contributed by atoms with E-state index < -0.39 is 5.91 Å². The van der Waals surface area contributed by atoms with Crippen LogP contribution in [0.25, 0.3) is 10.8 Å². The van der Waals surface area contributed by atoms with Crippen LogP contribution in [-0.2, 0) is 11.3 Å². The Morgan fingerprint density at radius 3 is 2.52 bits per heavy atom. The second-order valence-electron chi connectivity index (χ2n) is 7.13. The second-order valence-corrected chi connectivity index (χ2v) is 7.13. The number of hydrogen-bond donors (Lipinski definition) is 2. The maximum absolute atomic E-state index is 12.6. The molecule has 2 amide bonds. The fourth-order valence-electron chi connectivity index (χ4n) is 3.66. The molecule has 1 aliphatic rings. The SMILES string of the molecule is CCCn1nc(C(=O)NNC(=O)CC2CCCCC2)c2ccccc2c1=O. The average molecular weight is 370 g/mol. The Morgan fingerprint density at radius 1 is 1.11 bits per heavy atom. The van der Waals surface area contributed by atoms with Gasteiger partial charge in [-0.2, -0.15) is 5.10 Å². The first-order valence-electron chi connectivity index (χ1n) is 9.69. The van der Waals surface area contributed by atoms with E-state index in [2.05, 4.69) is 16.0 Å². The first kappa shape index (κ1) is 19.1. The Hall–Kier alpha value is -2.70. The van der Waals surface area contributed by atoms with E-state index in [0.717, 1.165) is 19.3 Å². The average Bonchev–Trinajstić information content (AvgIpc) is 2.69. The maximum Gasteiger partial charge on any atom is 0.290 e. The number of nitrogens with zero attached hydrogens (tertiary/aromatic N) is 2. The number of hydrogen-bond acceptors (Lipinski definition) is 4. The molecular formula is C20H26N4O3. The van der Waals surface area contributed by atoms with Crippen molar-refractivity contribution in [1.29, 1.82) is 0 Å². The number of aromatic nitrogens is 2. The Bertz CT molecular complexity index is 884. The summed E-state index contributed by atoms with van der Waals surface area (Å²) in [4.78, 5) is 37.2. The van der Waals surface area contributed by atoms with Crippen molar-refractivity contribution in [3.63, 3.8) is 0 Å². The lowest BCUT2D eigenvalue weighted by molar-refractivity contribution is -0.123. The number of amides is 2. The van der Waals surface area contributed by atoms with Crippen LogP contribution in [0.3, 0.4) is 0 Å². The fourth-order valence-corrected chi connectivity index (χ4v) is 3.66. The second kappa shape index (κ2) is 8.79. The summed E-state index contributed by atoms with van der Waals surface area (Å²) in [6, 6.07) is 6.89. The highest BCUT2D eigenvalue weighted by molar-refractivity contribution is 6.05. The van der Waals surface area contributed by atoms with Crippen LogP contribution in [0.2, 0.25) is 0 Å². The molecule has 1 fully saturated rings. The van der Waals surface area contributed by atoms with E-state index >= 15 is 0 Å². The van der Waals surface area contributed by atoms with Gasteiger partial charge < -0.3 is 0 Å². The largest absolute Gasteiger partial charge is 0.290 e. The summed E-state index contributed by atoms with van der Waals surface area (Å²) in [6.07, 6.45) is 6.85. The van der Waals surface area contributed by atoms with Gasteiger partial charge in [0.25, 0.3) is 11.5 Å². The summed E-state index contributed by atoms with van der Waals surface area (Å²) < 4.78 is 1.31. The number of aryl methyl sites for hydroxylation is 1. The molecule has 0 saturated heterocycles. The lowest BCUT2D eigenvalue weighted by Gasteiger charge is -2.20. The zero-order valence-corrected chi connectivity index (χ0v) is 15.7. The lowest BCUT2D eigenvalue weighted by atomic mass is 9.87.